The molecule has 1 N–H and O–H groups in total. The Hall–Kier alpha value is -3.30. The van der Waals surface area contributed by atoms with Crippen LogP contribution in [0.3, 0.4) is 0 Å². The summed E-state index contributed by atoms with van der Waals surface area (Å²) in [6.07, 6.45) is 0.626. The van der Waals surface area contributed by atoms with Crippen molar-refractivity contribution in [1.82, 2.24) is 28.7 Å². The van der Waals surface area contributed by atoms with Crippen molar-refractivity contribution in [2.24, 2.45) is 5.92 Å². The standard InChI is InChI=1S/C30H37F4N7O3S/c1-38(2)45(43,44)37-29(42)24-17-25(39-15-12-22(13-16-39)40-14-4-7-20(18-40)30(32,33)34)26-27(19-5-3-6-19)36-41(28(26)35-24)23-10-8-21(31)9-11-23/h8-11,17,19-20,22H,3-7,12-16,18H2,1-2H3,(H,37,42). The van der Waals surface area contributed by atoms with Gasteiger partial charge in [-0.05, 0) is 75.4 Å². The van der Waals surface area contributed by atoms with E-state index < -0.39 is 34.0 Å². The quantitative estimate of drug-likeness (QED) is 0.373. The smallest absolute Gasteiger partial charge is 0.371 e. The van der Waals surface area contributed by atoms with Gasteiger partial charge in [0, 0.05) is 45.7 Å². The number of rotatable bonds is 7. The first-order chi connectivity index (χ1) is 21.3. The zero-order valence-electron chi connectivity index (χ0n) is 25.2. The van der Waals surface area contributed by atoms with Crippen LogP contribution in [0.4, 0.5) is 23.2 Å². The third-order valence-electron chi connectivity index (χ3n) is 9.38. The van der Waals surface area contributed by atoms with E-state index >= 15 is 0 Å². The highest BCUT2D eigenvalue weighted by molar-refractivity contribution is 7.87. The molecule has 0 spiro atoms. The Balaban J connectivity index is 1.39. The molecule has 6 rings (SSSR count). The number of aromatic nitrogens is 3. The number of alkyl halides is 3. The van der Waals surface area contributed by atoms with Gasteiger partial charge in [-0.3, -0.25) is 9.69 Å². The first-order valence-corrected chi connectivity index (χ1v) is 16.8. The topological polar surface area (TPSA) is 104 Å². The molecule has 0 radical (unpaired) electrons. The van der Waals surface area contributed by atoms with Crippen LogP contribution in [0, 0.1) is 11.7 Å². The monoisotopic (exact) mass is 651 g/mol. The first-order valence-electron chi connectivity index (χ1n) is 15.3. The number of carbonyl (C=O) groups excluding carboxylic acids is 1. The van der Waals surface area contributed by atoms with Gasteiger partial charge in [0.2, 0.25) is 0 Å². The van der Waals surface area contributed by atoms with Crippen LogP contribution in [0.2, 0.25) is 0 Å². The van der Waals surface area contributed by atoms with Gasteiger partial charge in [0.1, 0.15) is 11.5 Å². The fourth-order valence-corrected chi connectivity index (χ4v) is 7.08. The molecule has 0 bridgehead atoms. The number of carbonyl (C=O) groups is 1. The largest absolute Gasteiger partial charge is 0.393 e. The van der Waals surface area contributed by atoms with Gasteiger partial charge in [-0.2, -0.15) is 31.0 Å². The van der Waals surface area contributed by atoms with E-state index in [4.69, 9.17) is 5.10 Å². The summed E-state index contributed by atoms with van der Waals surface area (Å²) in [5, 5.41) is 5.66. The number of halogens is 4. The number of nitrogens with zero attached hydrogens (tertiary/aromatic N) is 6. The van der Waals surface area contributed by atoms with Crippen molar-refractivity contribution in [2.45, 2.75) is 63.1 Å². The van der Waals surface area contributed by atoms with Crippen LogP contribution in [0.5, 0.6) is 0 Å². The number of benzene rings is 1. The summed E-state index contributed by atoms with van der Waals surface area (Å²) in [6.45, 7) is 1.70. The molecule has 3 fully saturated rings. The lowest BCUT2D eigenvalue weighted by Gasteiger charge is -2.43. The molecule has 10 nitrogen and oxygen atoms in total. The van der Waals surface area contributed by atoms with E-state index in [-0.39, 0.29) is 30.6 Å². The SMILES string of the molecule is CN(C)S(=O)(=O)NC(=O)c1cc(N2CCC(N3CCCC(C(F)(F)F)C3)CC2)c2c(C3CCC3)nn(-c3ccc(F)cc3)c2n1. The molecule has 1 atom stereocenters. The summed E-state index contributed by atoms with van der Waals surface area (Å²) >= 11 is 0. The minimum absolute atomic E-state index is 0.00442. The molecule has 2 aromatic heterocycles. The van der Waals surface area contributed by atoms with E-state index in [9.17, 15) is 30.8 Å². The van der Waals surface area contributed by atoms with Crippen molar-refractivity contribution >= 4 is 32.8 Å². The second-order valence-corrected chi connectivity index (χ2v) is 14.3. The van der Waals surface area contributed by atoms with Crippen molar-refractivity contribution in [3.05, 3.63) is 47.5 Å². The number of likely N-dealkylation sites (tertiary alicyclic amines) is 1. The lowest BCUT2D eigenvalue weighted by atomic mass is 9.82. The molecular weight excluding hydrogens is 614 g/mol. The summed E-state index contributed by atoms with van der Waals surface area (Å²) in [7, 11) is -1.51. The summed E-state index contributed by atoms with van der Waals surface area (Å²) in [6, 6.07) is 7.33. The Morgan fingerprint density at radius 2 is 1.69 bits per heavy atom. The molecule has 1 saturated carbocycles. The highest BCUT2D eigenvalue weighted by Crippen LogP contribution is 2.43. The number of anilines is 1. The third-order valence-corrected chi connectivity index (χ3v) is 10.8. The molecule has 244 valence electrons. The summed E-state index contributed by atoms with van der Waals surface area (Å²) in [4.78, 5) is 22.0. The fraction of sp³-hybridized carbons (Fsp3) is 0.567. The third kappa shape index (κ3) is 6.39. The minimum Gasteiger partial charge on any atom is -0.371 e. The Bertz CT molecular complexity index is 1670. The highest BCUT2D eigenvalue weighted by atomic mass is 32.2. The maximum absolute atomic E-state index is 13.8. The van der Waals surface area contributed by atoms with Crippen LogP contribution < -0.4 is 9.62 Å². The zero-order valence-corrected chi connectivity index (χ0v) is 26.0. The van der Waals surface area contributed by atoms with Crippen molar-refractivity contribution in [1.29, 1.82) is 0 Å². The summed E-state index contributed by atoms with van der Waals surface area (Å²) < 4.78 is 83.9. The van der Waals surface area contributed by atoms with Crippen LogP contribution in [-0.2, 0) is 10.2 Å². The van der Waals surface area contributed by atoms with Gasteiger partial charge in [0.05, 0.1) is 28.4 Å². The molecule has 3 aliphatic rings. The lowest BCUT2D eigenvalue weighted by Crippen LogP contribution is -2.50. The van der Waals surface area contributed by atoms with E-state index in [1.54, 1.807) is 22.9 Å². The van der Waals surface area contributed by atoms with Crippen molar-refractivity contribution in [3.63, 3.8) is 0 Å². The van der Waals surface area contributed by atoms with Crippen LogP contribution in [-0.4, -0.2) is 90.8 Å². The predicted octanol–water partition coefficient (Wildman–Crippen LogP) is 4.61. The average molecular weight is 652 g/mol. The highest BCUT2D eigenvalue weighted by Gasteiger charge is 2.43. The van der Waals surface area contributed by atoms with Gasteiger partial charge >= 0.3 is 16.4 Å². The summed E-state index contributed by atoms with van der Waals surface area (Å²) in [5.74, 6) is -2.49. The van der Waals surface area contributed by atoms with Crippen molar-refractivity contribution < 1.29 is 30.8 Å². The molecule has 15 heteroatoms. The van der Waals surface area contributed by atoms with Gasteiger partial charge in [-0.1, -0.05) is 6.42 Å². The van der Waals surface area contributed by atoms with E-state index in [0.717, 1.165) is 34.6 Å². The lowest BCUT2D eigenvalue weighted by molar-refractivity contribution is -0.188. The van der Waals surface area contributed by atoms with Crippen LogP contribution >= 0.6 is 0 Å². The number of hydrogen-bond acceptors (Lipinski definition) is 7. The molecule has 1 amide bonds. The number of hydrogen-bond donors (Lipinski definition) is 1. The predicted molar refractivity (Wildman–Crippen MR) is 161 cm³/mol. The molecule has 1 unspecified atom stereocenters. The minimum atomic E-state index is -4.21. The van der Waals surface area contributed by atoms with E-state index in [1.165, 1.54) is 26.2 Å². The molecule has 3 aromatic rings. The Morgan fingerprint density at radius 1 is 1.00 bits per heavy atom. The number of pyridine rings is 1. The van der Waals surface area contributed by atoms with Crippen LogP contribution in [0.1, 0.15) is 67.0 Å². The molecular formula is C30H37F4N7O3S. The molecule has 2 aliphatic heterocycles. The molecule has 4 heterocycles. The van der Waals surface area contributed by atoms with Gasteiger partial charge in [-0.15, -0.1) is 0 Å². The van der Waals surface area contributed by atoms with Crippen molar-refractivity contribution in [3.8, 4) is 5.69 Å². The Morgan fingerprint density at radius 3 is 2.29 bits per heavy atom. The number of nitrogens with one attached hydrogen (secondary N) is 1. The Kier molecular flexibility index (Phi) is 8.54. The van der Waals surface area contributed by atoms with E-state index in [1.807, 2.05) is 4.90 Å². The fourth-order valence-electron chi connectivity index (χ4n) is 6.56. The number of fused-ring (bicyclic) bond motifs is 1. The molecule has 2 saturated heterocycles. The summed E-state index contributed by atoms with van der Waals surface area (Å²) in [5.41, 5.74) is 2.24. The first kappa shape index (κ1) is 31.7. The second kappa shape index (κ2) is 12.1. The number of piperidine rings is 2. The maximum Gasteiger partial charge on any atom is 0.393 e. The van der Waals surface area contributed by atoms with Crippen LogP contribution in [0.15, 0.2) is 30.3 Å². The van der Waals surface area contributed by atoms with Gasteiger partial charge in [0.15, 0.2) is 5.65 Å². The number of amides is 1. The molecule has 1 aliphatic carbocycles. The van der Waals surface area contributed by atoms with Crippen molar-refractivity contribution in [2.75, 3.05) is 45.2 Å². The van der Waals surface area contributed by atoms with Gasteiger partial charge in [0.25, 0.3) is 5.91 Å². The normalized spacial score (nSPS) is 21.0. The van der Waals surface area contributed by atoms with E-state index in [2.05, 4.69) is 14.6 Å². The molecule has 1 aromatic carbocycles. The van der Waals surface area contributed by atoms with Gasteiger partial charge < -0.3 is 4.90 Å². The Labute approximate surface area is 259 Å². The molecule has 45 heavy (non-hydrogen) atoms. The maximum atomic E-state index is 13.8. The zero-order chi connectivity index (χ0) is 32.1. The van der Waals surface area contributed by atoms with Gasteiger partial charge in [-0.25, -0.2) is 18.8 Å². The van der Waals surface area contributed by atoms with Crippen LogP contribution in [0.25, 0.3) is 16.7 Å². The average Bonchev–Trinajstić information content (AvgIpc) is 3.34. The second-order valence-electron chi connectivity index (χ2n) is 12.4. The van der Waals surface area contributed by atoms with E-state index in [0.29, 0.717) is 55.9 Å².